The average molecular weight is 311 g/mol. The summed E-state index contributed by atoms with van der Waals surface area (Å²) in [7, 11) is 5.56. The van der Waals surface area contributed by atoms with Crippen molar-refractivity contribution in [2.75, 3.05) is 27.7 Å². The Labute approximate surface area is 138 Å². The molecule has 0 unspecified atom stereocenters. The minimum atomic E-state index is 0.832. The van der Waals surface area contributed by atoms with Gasteiger partial charge < -0.3 is 15.0 Å². The standard InChI is InChI=1S/C19H25N3O/c1-20-19(22(2)15-17-8-5-4-6-9-17)21-13-12-16-10-7-11-18(14-16)23-3/h4-11,14H,12-13,15H2,1-3H3,(H,20,21). The summed E-state index contributed by atoms with van der Waals surface area (Å²) in [5.41, 5.74) is 2.52. The lowest BCUT2D eigenvalue weighted by Crippen LogP contribution is -2.39. The number of guanidine groups is 1. The van der Waals surface area contributed by atoms with Crippen molar-refractivity contribution in [3.8, 4) is 5.75 Å². The molecule has 0 heterocycles. The third kappa shape index (κ3) is 5.33. The van der Waals surface area contributed by atoms with Crippen molar-refractivity contribution in [3.05, 3.63) is 65.7 Å². The largest absolute Gasteiger partial charge is 0.497 e. The first-order valence-electron chi connectivity index (χ1n) is 7.81. The van der Waals surface area contributed by atoms with Crippen molar-refractivity contribution >= 4 is 5.96 Å². The van der Waals surface area contributed by atoms with Crippen LogP contribution in [-0.4, -0.2) is 38.6 Å². The predicted molar refractivity (Wildman–Crippen MR) is 96.0 cm³/mol. The molecule has 0 bridgehead atoms. The van der Waals surface area contributed by atoms with Crippen LogP contribution >= 0.6 is 0 Å². The van der Waals surface area contributed by atoms with E-state index >= 15 is 0 Å². The molecule has 0 aromatic heterocycles. The Morgan fingerprint density at radius 2 is 1.83 bits per heavy atom. The summed E-state index contributed by atoms with van der Waals surface area (Å²) in [6, 6.07) is 18.6. The van der Waals surface area contributed by atoms with E-state index in [1.807, 2.05) is 32.3 Å². The fraction of sp³-hybridized carbons (Fsp3) is 0.316. The van der Waals surface area contributed by atoms with E-state index < -0.39 is 0 Å². The van der Waals surface area contributed by atoms with Crippen molar-refractivity contribution in [1.29, 1.82) is 0 Å². The number of ether oxygens (including phenoxy) is 1. The summed E-state index contributed by atoms with van der Waals surface area (Å²) in [6.07, 6.45) is 0.926. The highest BCUT2D eigenvalue weighted by atomic mass is 16.5. The first-order chi connectivity index (χ1) is 11.2. The molecule has 23 heavy (non-hydrogen) atoms. The van der Waals surface area contributed by atoms with E-state index in [0.717, 1.165) is 31.2 Å². The minimum absolute atomic E-state index is 0.832. The molecule has 1 N–H and O–H groups in total. The highest BCUT2D eigenvalue weighted by molar-refractivity contribution is 5.79. The maximum atomic E-state index is 5.26. The molecule has 0 aliphatic heterocycles. The SMILES string of the molecule is CN=C(NCCc1cccc(OC)c1)N(C)Cc1ccccc1. The van der Waals surface area contributed by atoms with Crippen LogP contribution in [0.3, 0.4) is 0 Å². The number of rotatable bonds is 6. The van der Waals surface area contributed by atoms with Crippen LogP contribution < -0.4 is 10.1 Å². The van der Waals surface area contributed by atoms with Crippen LogP contribution in [0.15, 0.2) is 59.6 Å². The molecule has 0 amide bonds. The summed E-state index contributed by atoms with van der Waals surface area (Å²) in [5, 5.41) is 3.41. The molecule has 0 spiro atoms. The fourth-order valence-electron chi connectivity index (χ4n) is 2.46. The molecule has 4 heteroatoms. The average Bonchev–Trinajstić information content (AvgIpc) is 2.59. The van der Waals surface area contributed by atoms with Gasteiger partial charge in [-0.25, -0.2) is 0 Å². The molecule has 0 fully saturated rings. The molecule has 0 saturated heterocycles. The second kappa shape index (κ2) is 8.83. The summed E-state index contributed by atoms with van der Waals surface area (Å²) < 4.78 is 5.26. The molecular formula is C19H25N3O. The summed E-state index contributed by atoms with van der Waals surface area (Å²) in [5.74, 6) is 1.80. The number of hydrogen-bond donors (Lipinski definition) is 1. The van der Waals surface area contributed by atoms with Gasteiger partial charge in [0.25, 0.3) is 0 Å². The van der Waals surface area contributed by atoms with E-state index in [4.69, 9.17) is 4.74 Å². The van der Waals surface area contributed by atoms with Crippen molar-refractivity contribution in [1.82, 2.24) is 10.2 Å². The molecule has 0 aliphatic carbocycles. The second-order valence-corrected chi connectivity index (χ2v) is 5.42. The first-order valence-corrected chi connectivity index (χ1v) is 7.81. The Morgan fingerprint density at radius 3 is 2.52 bits per heavy atom. The van der Waals surface area contributed by atoms with E-state index in [-0.39, 0.29) is 0 Å². The number of nitrogens with zero attached hydrogens (tertiary/aromatic N) is 2. The van der Waals surface area contributed by atoms with Gasteiger partial charge in [-0.3, -0.25) is 4.99 Å². The van der Waals surface area contributed by atoms with Crippen molar-refractivity contribution in [2.24, 2.45) is 4.99 Å². The third-order valence-corrected chi connectivity index (χ3v) is 3.67. The van der Waals surface area contributed by atoms with Crippen LogP contribution in [0.25, 0.3) is 0 Å². The van der Waals surface area contributed by atoms with E-state index in [1.165, 1.54) is 11.1 Å². The van der Waals surface area contributed by atoms with Crippen LogP contribution in [0.1, 0.15) is 11.1 Å². The van der Waals surface area contributed by atoms with Crippen LogP contribution in [0.2, 0.25) is 0 Å². The number of methoxy groups -OCH3 is 1. The monoisotopic (exact) mass is 311 g/mol. The van der Waals surface area contributed by atoms with E-state index in [2.05, 4.69) is 51.6 Å². The maximum absolute atomic E-state index is 5.26. The molecule has 2 rings (SSSR count). The van der Waals surface area contributed by atoms with Gasteiger partial charge in [-0.2, -0.15) is 0 Å². The normalized spacial score (nSPS) is 11.2. The van der Waals surface area contributed by atoms with Crippen LogP contribution in [0.4, 0.5) is 0 Å². The first kappa shape index (κ1) is 16.9. The lowest BCUT2D eigenvalue weighted by molar-refractivity contribution is 0.414. The smallest absolute Gasteiger partial charge is 0.193 e. The van der Waals surface area contributed by atoms with Crippen LogP contribution in [-0.2, 0) is 13.0 Å². The number of aliphatic imine (C=N–C) groups is 1. The zero-order chi connectivity index (χ0) is 16.5. The highest BCUT2D eigenvalue weighted by Gasteiger charge is 2.06. The Kier molecular flexibility index (Phi) is 6.48. The van der Waals surface area contributed by atoms with Gasteiger partial charge in [0, 0.05) is 27.2 Å². The zero-order valence-corrected chi connectivity index (χ0v) is 14.1. The number of hydrogen-bond acceptors (Lipinski definition) is 2. The molecule has 0 saturated carbocycles. The highest BCUT2D eigenvalue weighted by Crippen LogP contribution is 2.12. The van der Waals surface area contributed by atoms with E-state index in [9.17, 15) is 0 Å². The lowest BCUT2D eigenvalue weighted by atomic mass is 10.1. The Bertz CT molecular complexity index is 626. The Hall–Kier alpha value is -2.49. The quantitative estimate of drug-likeness (QED) is 0.658. The third-order valence-electron chi connectivity index (χ3n) is 3.67. The molecule has 122 valence electrons. The second-order valence-electron chi connectivity index (χ2n) is 5.42. The number of benzene rings is 2. The van der Waals surface area contributed by atoms with Gasteiger partial charge >= 0.3 is 0 Å². The van der Waals surface area contributed by atoms with E-state index in [0.29, 0.717) is 0 Å². The topological polar surface area (TPSA) is 36.9 Å². The van der Waals surface area contributed by atoms with E-state index in [1.54, 1.807) is 7.11 Å². The fourth-order valence-corrected chi connectivity index (χ4v) is 2.46. The maximum Gasteiger partial charge on any atom is 0.193 e. The minimum Gasteiger partial charge on any atom is -0.497 e. The predicted octanol–water partition coefficient (Wildman–Crippen LogP) is 2.95. The Balaban J connectivity index is 1.84. The lowest BCUT2D eigenvalue weighted by Gasteiger charge is -2.22. The van der Waals surface area contributed by atoms with Gasteiger partial charge in [0.1, 0.15) is 5.75 Å². The van der Waals surface area contributed by atoms with Gasteiger partial charge in [-0.15, -0.1) is 0 Å². The molecule has 0 radical (unpaired) electrons. The van der Waals surface area contributed by atoms with Gasteiger partial charge in [0.05, 0.1) is 7.11 Å². The van der Waals surface area contributed by atoms with Crippen molar-refractivity contribution in [2.45, 2.75) is 13.0 Å². The van der Waals surface area contributed by atoms with Gasteiger partial charge in [-0.05, 0) is 29.7 Å². The van der Waals surface area contributed by atoms with Crippen molar-refractivity contribution < 1.29 is 4.74 Å². The van der Waals surface area contributed by atoms with Gasteiger partial charge in [0.2, 0.25) is 0 Å². The summed E-state index contributed by atoms with van der Waals surface area (Å²) in [6.45, 7) is 1.67. The number of nitrogens with one attached hydrogen (secondary N) is 1. The Morgan fingerprint density at radius 1 is 1.09 bits per heavy atom. The van der Waals surface area contributed by atoms with Crippen molar-refractivity contribution in [3.63, 3.8) is 0 Å². The molecule has 2 aromatic rings. The summed E-state index contributed by atoms with van der Waals surface area (Å²) in [4.78, 5) is 6.48. The molecule has 2 aromatic carbocycles. The summed E-state index contributed by atoms with van der Waals surface area (Å²) >= 11 is 0. The van der Waals surface area contributed by atoms with Gasteiger partial charge in [0.15, 0.2) is 5.96 Å². The molecule has 4 nitrogen and oxygen atoms in total. The van der Waals surface area contributed by atoms with Crippen LogP contribution in [0, 0.1) is 0 Å². The molecule has 0 atom stereocenters. The molecular weight excluding hydrogens is 286 g/mol. The molecule has 0 aliphatic rings. The zero-order valence-electron chi connectivity index (χ0n) is 14.1. The van der Waals surface area contributed by atoms with Crippen LogP contribution in [0.5, 0.6) is 5.75 Å². The van der Waals surface area contributed by atoms with Gasteiger partial charge in [-0.1, -0.05) is 42.5 Å².